The first-order valence-electron chi connectivity index (χ1n) is 9.29. The van der Waals surface area contributed by atoms with E-state index in [9.17, 15) is 9.90 Å². The van der Waals surface area contributed by atoms with Crippen molar-refractivity contribution >= 4 is 17.3 Å². The van der Waals surface area contributed by atoms with Gasteiger partial charge in [-0.05, 0) is 43.2 Å². The zero-order valence-corrected chi connectivity index (χ0v) is 15.4. The molecule has 2 aromatic carbocycles. The van der Waals surface area contributed by atoms with Crippen molar-refractivity contribution in [2.45, 2.75) is 19.4 Å². The summed E-state index contributed by atoms with van der Waals surface area (Å²) in [5.41, 5.74) is 4.61. The molecule has 1 unspecified atom stereocenters. The summed E-state index contributed by atoms with van der Waals surface area (Å²) in [4.78, 5) is 15.0. The number of anilines is 2. The largest absolute Gasteiger partial charge is 0.454 e. The number of aryl methyl sites for hydroxylation is 1. The molecule has 2 aliphatic rings. The number of β-amino-alcohol motifs (C(OH)–C–C–N with tert-alkyl or cyclic N) is 1. The van der Waals surface area contributed by atoms with Crippen molar-refractivity contribution in [2.24, 2.45) is 0 Å². The molecule has 0 saturated carbocycles. The molecule has 3 N–H and O–H groups in total. The molecule has 1 saturated heterocycles. The number of rotatable bonds is 2. The van der Waals surface area contributed by atoms with Crippen LogP contribution in [0, 0.1) is 6.92 Å². The molecule has 5 rings (SSSR count). The molecule has 1 atom stereocenters. The molecular weight excluding hydrogens is 356 g/mol. The van der Waals surface area contributed by atoms with Crippen molar-refractivity contribution in [1.29, 1.82) is 0 Å². The molecule has 2 aliphatic heterocycles. The number of aromatic amines is 1. The van der Waals surface area contributed by atoms with Gasteiger partial charge in [0.05, 0.1) is 28.7 Å². The van der Waals surface area contributed by atoms with Gasteiger partial charge in [0.15, 0.2) is 5.75 Å². The van der Waals surface area contributed by atoms with E-state index in [4.69, 9.17) is 4.74 Å². The number of nitrogens with one attached hydrogen (secondary N) is 2. The van der Waals surface area contributed by atoms with E-state index in [1.807, 2.05) is 43.3 Å². The SMILES string of the molecule is Cc1ccc2c(c1)NC(=O)c1cc(-c3cc[nH]n3)c(N3CCC(O)C3)cc1O2. The molecule has 7 heteroatoms. The average molecular weight is 376 g/mol. The minimum Gasteiger partial charge on any atom is -0.454 e. The van der Waals surface area contributed by atoms with Gasteiger partial charge in [0, 0.05) is 30.9 Å². The van der Waals surface area contributed by atoms with Crippen LogP contribution in [0.4, 0.5) is 11.4 Å². The van der Waals surface area contributed by atoms with Crippen molar-refractivity contribution in [1.82, 2.24) is 10.2 Å². The van der Waals surface area contributed by atoms with Gasteiger partial charge < -0.3 is 20.1 Å². The third-order valence-electron chi connectivity index (χ3n) is 5.23. The molecule has 1 aromatic heterocycles. The maximum absolute atomic E-state index is 12.9. The number of aliphatic hydroxyl groups is 1. The topological polar surface area (TPSA) is 90.5 Å². The second-order valence-electron chi connectivity index (χ2n) is 7.27. The standard InChI is InChI=1S/C21H20N4O3/c1-12-2-3-19-17(8-12)23-21(27)15-9-14(16-4-6-22-24-16)18(10-20(15)28-19)25-7-5-13(26)11-25/h2-4,6,8-10,13,26H,5,7,11H2,1H3,(H,22,24)(H,23,27). The van der Waals surface area contributed by atoms with Crippen LogP contribution in [0.2, 0.25) is 0 Å². The number of ether oxygens (including phenoxy) is 1. The van der Waals surface area contributed by atoms with Gasteiger partial charge in [-0.1, -0.05) is 6.07 Å². The van der Waals surface area contributed by atoms with Crippen LogP contribution in [0.1, 0.15) is 22.3 Å². The van der Waals surface area contributed by atoms with E-state index in [0.29, 0.717) is 35.7 Å². The number of H-pyrrole nitrogens is 1. The van der Waals surface area contributed by atoms with Gasteiger partial charge in [-0.25, -0.2) is 0 Å². The number of amides is 1. The molecule has 3 heterocycles. The third kappa shape index (κ3) is 2.80. The highest BCUT2D eigenvalue weighted by molar-refractivity contribution is 6.09. The molecule has 0 radical (unpaired) electrons. The summed E-state index contributed by atoms with van der Waals surface area (Å²) in [6, 6.07) is 11.3. The van der Waals surface area contributed by atoms with E-state index in [2.05, 4.69) is 20.4 Å². The average Bonchev–Trinajstić information content (AvgIpc) is 3.33. The van der Waals surface area contributed by atoms with E-state index in [-0.39, 0.29) is 12.0 Å². The molecule has 0 aliphatic carbocycles. The van der Waals surface area contributed by atoms with Crippen LogP contribution in [0.25, 0.3) is 11.3 Å². The van der Waals surface area contributed by atoms with Crippen LogP contribution in [0.3, 0.4) is 0 Å². The molecule has 3 aromatic rings. The van der Waals surface area contributed by atoms with Crippen molar-refractivity contribution in [3.63, 3.8) is 0 Å². The number of aliphatic hydroxyl groups excluding tert-OH is 1. The summed E-state index contributed by atoms with van der Waals surface area (Å²) in [5, 5.41) is 20.1. The summed E-state index contributed by atoms with van der Waals surface area (Å²) in [6.07, 6.45) is 2.10. The Morgan fingerprint density at radius 2 is 2.07 bits per heavy atom. The molecule has 0 bridgehead atoms. The lowest BCUT2D eigenvalue weighted by atomic mass is 10.0. The second kappa shape index (κ2) is 6.38. The minimum atomic E-state index is -0.362. The quantitative estimate of drug-likeness (QED) is 0.638. The number of carbonyl (C=O) groups is 1. The Hall–Kier alpha value is -3.32. The van der Waals surface area contributed by atoms with Gasteiger partial charge >= 0.3 is 0 Å². The Kier molecular flexibility index (Phi) is 3.84. The van der Waals surface area contributed by atoms with Crippen molar-refractivity contribution < 1.29 is 14.6 Å². The first-order chi connectivity index (χ1) is 13.6. The van der Waals surface area contributed by atoms with E-state index in [1.165, 1.54) is 0 Å². The monoisotopic (exact) mass is 376 g/mol. The van der Waals surface area contributed by atoms with Crippen LogP contribution < -0.4 is 15.0 Å². The normalized spacial score (nSPS) is 18.1. The number of aromatic nitrogens is 2. The number of hydrogen-bond acceptors (Lipinski definition) is 5. The molecule has 0 spiro atoms. The minimum absolute atomic E-state index is 0.218. The Morgan fingerprint density at radius 3 is 2.82 bits per heavy atom. The highest BCUT2D eigenvalue weighted by atomic mass is 16.5. The molecule has 7 nitrogen and oxygen atoms in total. The molecular formula is C21H20N4O3. The second-order valence-corrected chi connectivity index (χ2v) is 7.27. The number of fused-ring (bicyclic) bond motifs is 2. The fourth-order valence-corrected chi connectivity index (χ4v) is 3.81. The van der Waals surface area contributed by atoms with Crippen LogP contribution >= 0.6 is 0 Å². The first-order valence-corrected chi connectivity index (χ1v) is 9.29. The van der Waals surface area contributed by atoms with Crippen molar-refractivity contribution in [2.75, 3.05) is 23.3 Å². The lowest BCUT2D eigenvalue weighted by molar-refractivity contribution is 0.102. The summed E-state index contributed by atoms with van der Waals surface area (Å²) in [7, 11) is 0. The Bertz CT molecular complexity index is 1060. The smallest absolute Gasteiger partial charge is 0.259 e. The van der Waals surface area contributed by atoms with Gasteiger partial charge in [-0.2, -0.15) is 5.10 Å². The highest BCUT2D eigenvalue weighted by Crippen LogP contribution is 2.42. The summed E-state index contributed by atoms with van der Waals surface area (Å²) in [6.45, 7) is 3.24. The maximum atomic E-state index is 12.9. The Labute approximate surface area is 161 Å². The molecule has 1 amide bonds. The lowest BCUT2D eigenvalue weighted by Crippen LogP contribution is -2.22. The highest BCUT2D eigenvalue weighted by Gasteiger charge is 2.28. The van der Waals surface area contributed by atoms with Crippen molar-refractivity contribution in [3.8, 4) is 22.8 Å². The van der Waals surface area contributed by atoms with E-state index < -0.39 is 0 Å². The van der Waals surface area contributed by atoms with Gasteiger partial charge in [0.25, 0.3) is 5.91 Å². The van der Waals surface area contributed by atoms with Crippen molar-refractivity contribution in [3.05, 3.63) is 53.7 Å². The van der Waals surface area contributed by atoms with E-state index >= 15 is 0 Å². The maximum Gasteiger partial charge on any atom is 0.259 e. The van der Waals surface area contributed by atoms with Gasteiger partial charge in [0.1, 0.15) is 5.75 Å². The lowest BCUT2D eigenvalue weighted by Gasteiger charge is -2.22. The number of hydrogen-bond donors (Lipinski definition) is 3. The summed E-state index contributed by atoms with van der Waals surface area (Å²) in [5.74, 6) is 0.887. The van der Waals surface area contributed by atoms with Gasteiger partial charge in [-0.15, -0.1) is 0 Å². The van der Waals surface area contributed by atoms with Gasteiger partial charge in [0.2, 0.25) is 0 Å². The third-order valence-corrected chi connectivity index (χ3v) is 5.23. The first kappa shape index (κ1) is 16.8. The predicted molar refractivity (Wildman–Crippen MR) is 106 cm³/mol. The van der Waals surface area contributed by atoms with Crippen LogP contribution in [0.5, 0.6) is 11.5 Å². The van der Waals surface area contributed by atoms with Gasteiger partial charge in [-0.3, -0.25) is 9.89 Å². The van der Waals surface area contributed by atoms with E-state index in [0.717, 1.165) is 29.1 Å². The fraction of sp³-hybridized carbons (Fsp3) is 0.238. The van der Waals surface area contributed by atoms with Crippen LogP contribution in [-0.2, 0) is 0 Å². The Morgan fingerprint density at radius 1 is 1.18 bits per heavy atom. The molecule has 1 fully saturated rings. The van der Waals surface area contributed by atoms with Crippen LogP contribution in [0.15, 0.2) is 42.6 Å². The number of nitrogens with zero attached hydrogens (tertiary/aromatic N) is 2. The summed E-state index contributed by atoms with van der Waals surface area (Å²) < 4.78 is 6.13. The number of carbonyl (C=O) groups excluding carboxylic acids is 1. The van der Waals surface area contributed by atoms with E-state index in [1.54, 1.807) is 6.20 Å². The Balaban J connectivity index is 1.67. The predicted octanol–water partition coefficient (Wildman–Crippen LogP) is 3.31. The zero-order valence-electron chi connectivity index (χ0n) is 15.4. The molecule has 142 valence electrons. The number of benzene rings is 2. The molecule has 28 heavy (non-hydrogen) atoms. The summed E-state index contributed by atoms with van der Waals surface area (Å²) >= 11 is 0. The van der Waals surface area contributed by atoms with Crippen LogP contribution in [-0.4, -0.2) is 40.4 Å². The fourth-order valence-electron chi connectivity index (χ4n) is 3.81. The zero-order chi connectivity index (χ0) is 19.3.